The number of halogens is 1. The van der Waals surface area contributed by atoms with Gasteiger partial charge in [-0.05, 0) is 60.8 Å². The van der Waals surface area contributed by atoms with Gasteiger partial charge in [0.25, 0.3) is 0 Å². The number of nitrogens with zero attached hydrogens (tertiary/aromatic N) is 1. The smallest absolute Gasteiger partial charge is 0.131 e. The fraction of sp³-hybridized carbons (Fsp3) is 0.235. The lowest BCUT2D eigenvalue weighted by Gasteiger charge is -2.08. The molecule has 1 heterocycles. The minimum atomic E-state index is 0.502. The van der Waals surface area contributed by atoms with Crippen molar-refractivity contribution in [3.63, 3.8) is 0 Å². The second-order valence-corrected chi connectivity index (χ2v) is 5.72. The second kappa shape index (κ2) is 6.29. The van der Waals surface area contributed by atoms with E-state index >= 15 is 0 Å². The first kappa shape index (κ1) is 14.1. The molecule has 0 amide bonds. The van der Waals surface area contributed by atoms with E-state index in [2.05, 4.69) is 22.4 Å². The van der Waals surface area contributed by atoms with Gasteiger partial charge >= 0.3 is 0 Å². The highest BCUT2D eigenvalue weighted by atomic mass is 35.5. The van der Waals surface area contributed by atoms with E-state index in [-0.39, 0.29) is 0 Å². The van der Waals surface area contributed by atoms with Crippen LogP contribution in [0.1, 0.15) is 23.5 Å². The molecule has 1 aliphatic rings. The van der Waals surface area contributed by atoms with Crippen LogP contribution in [0.3, 0.4) is 0 Å². The zero-order valence-corrected chi connectivity index (χ0v) is 12.5. The lowest BCUT2D eigenvalue weighted by molar-refractivity contribution is 0.763. The van der Waals surface area contributed by atoms with E-state index in [0.29, 0.717) is 16.8 Å². The van der Waals surface area contributed by atoms with Gasteiger partial charge in [0.2, 0.25) is 0 Å². The quantitative estimate of drug-likeness (QED) is 0.673. The maximum absolute atomic E-state index is 6.03. The van der Waals surface area contributed by atoms with E-state index in [9.17, 15) is 0 Å². The zero-order chi connectivity index (χ0) is 14.7. The third-order valence-corrected chi connectivity index (χ3v) is 4.07. The molecule has 2 aromatic carbocycles. The van der Waals surface area contributed by atoms with Crippen molar-refractivity contribution in [2.45, 2.75) is 12.3 Å². The summed E-state index contributed by atoms with van der Waals surface area (Å²) in [5, 5.41) is 4.08. The highest BCUT2D eigenvalue weighted by Gasteiger charge is 2.15. The highest BCUT2D eigenvalue weighted by molar-refractivity contribution is 6.30. The van der Waals surface area contributed by atoms with Gasteiger partial charge in [0.1, 0.15) is 5.84 Å². The summed E-state index contributed by atoms with van der Waals surface area (Å²) in [6.07, 6.45) is 1.20. The fourth-order valence-corrected chi connectivity index (χ4v) is 2.71. The van der Waals surface area contributed by atoms with Gasteiger partial charge in [-0.3, -0.25) is 0 Å². The maximum atomic E-state index is 6.03. The summed E-state index contributed by atoms with van der Waals surface area (Å²) in [6.45, 7) is 2.17. The number of hydrogen-bond acceptors (Lipinski definition) is 2. The van der Waals surface area contributed by atoms with Gasteiger partial charge in [-0.25, -0.2) is 4.99 Å². The molecule has 3 rings (SSSR count). The Morgan fingerprint density at radius 2 is 1.81 bits per heavy atom. The van der Waals surface area contributed by atoms with E-state index in [1.54, 1.807) is 0 Å². The van der Waals surface area contributed by atoms with Crippen LogP contribution in [0.25, 0.3) is 0 Å². The van der Waals surface area contributed by atoms with Crippen LogP contribution in [0.4, 0.5) is 5.69 Å². The van der Waals surface area contributed by atoms with Crippen molar-refractivity contribution in [3.05, 3.63) is 64.7 Å². The molecule has 2 aromatic rings. The molecule has 0 bridgehead atoms. The maximum Gasteiger partial charge on any atom is 0.131 e. The van der Waals surface area contributed by atoms with Crippen LogP contribution in [0.2, 0.25) is 5.02 Å². The first-order valence-corrected chi connectivity index (χ1v) is 7.51. The summed E-state index contributed by atoms with van der Waals surface area (Å²) in [5.74, 6) is 1.12. The molecule has 3 nitrogen and oxygen atoms in total. The van der Waals surface area contributed by atoms with Crippen molar-refractivity contribution < 1.29 is 0 Å². The molecule has 0 aliphatic carbocycles. The molecule has 1 aliphatic heterocycles. The summed E-state index contributed by atoms with van der Waals surface area (Å²) < 4.78 is 0. The van der Waals surface area contributed by atoms with E-state index in [4.69, 9.17) is 17.3 Å². The molecule has 0 spiro atoms. The van der Waals surface area contributed by atoms with Gasteiger partial charge in [-0.1, -0.05) is 23.7 Å². The van der Waals surface area contributed by atoms with Crippen LogP contribution in [-0.4, -0.2) is 18.9 Å². The van der Waals surface area contributed by atoms with E-state index < -0.39 is 0 Å². The van der Waals surface area contributed by atoms with Crippen molar-refractivity contribution in [1.29, 1.82) is 0 Å². The van der Waals surface area contributed by atoms with Crippen LogP contribution in [0.5, 0.6) is 0 Å². The number of nitrogens with two attached hydrogens (primary N) is 1. The molecular formula is C17H18ClN3. The van der Waals surface area contributed by atoms with Crippen LogP contribution in [0, 0.1) is 0 Å². The molecule has 0 aromatic heterocycles. The molecular weight excluding hydrogens is 282 g/mol. The van der Waals surface area contributed by atoms with Crippen molar-refractivity contribution >= 4 is 23.1 Å². The Kier molecular flexibility index (Phi) is 4.23. The third kappa shape index (κ3) is 3.43. The lowest BCUT2D eigenvalue weighted by atomic mass is 9.98. The predicted molar refractivity (Wildman–Crippen MR) is 88.5 cm³/mol. The summed E-state index contributed by atoms with van der Waals surface area (Å²) in [7, 11) is 0. The number of benzene rings is 2. The van der Waals surface area contributed by atoms with Crippen LogP contribution in [-0.2, 0) is 0 Å². The Hall–Kier alpha value is -1.84. The van der Waals surface area contributed by atoms with Crippen LogP contribution >= 0.6 is 11.6 Å². The number of hydrogen-bond donors (Lipinski definition) is 2. The van der Waals surface area contributed by atoms with Crippen molar-refractivity contribution in [2.24, 2.45) is 10.7 Å². The van der Waals surface area contributed by atoms with Crippen LogP contribution < -0.4 is 11.1 Å². The van der Waals surface area contributed by atoms with E-state index in [1.807, 2.05) is 36.4 Å². The summed E-state index contributed by atoms with van der Waals surface area (Å²) in [4.78, 5) is 4.46. The number of amidine groups is 1. The Morgan fingerprint density at radius 1 is 1.10 bits per heavy atom. The molecule has 1 atom stereocenters. The van der Waals surface area contributed by atoms with Gasteiger partial charge in [0.05, 0.1) is 5.69 Å². The van der Waals surface area contributed by atoms with Gasteiger partial charge in [-0.2, -0.15) is 0 Å². The van der Waals surface area contributed by atoms with Gasteiger partial charge in [0, 0.05) is 17.1 Å². The summed E-state index contributed by atoms with van der Waals surface area (Å²) in [5.41, 5.74) is 9.15. The van der Waals surface area contributed by atoms with E-state index in [1.165, 1.54) is 12.0 Å². The van der Waals surface area contributed by atoms with Gasteiger partial charge in [-0.15, -0.1) is 0 Å². The van der Waals surface area contributed by atoms with E-state index in [0.717, 1.165) is 24.3 Å². The molecule has 21 heavy (non-hydrogen) atoms. The second-order valence-electron chi connectivity index (χ2n) is 5.29. The first-order chi connectivity index (χ1) is 10.2. The van der Waals surface area contributed by atoms with Gasteiger partial charge in [0.15, 0.2) is 0 Å². The predicted octanol–water partition coefficient (Wildman–Crippen LogP) is 3.45. The number of nitrogens with one attached hydrogen (secondary N) is 1. The largest absolute Gasteiger partial charge is 0.383 e. The molecule has 0 radical (unpaired) electrons. The Morgan fingerprint density at radius 3 is 2.43 bits per heavy atom. The molecule has 1 unspecified atom stereocenters. The molecule has 108 valence electrons. The zero-order valence-electron chi connectivity index (χ0n) is 11.7. The standard InChI is InChI=1S/C17H18ClN3/c18-15-5-1-13(2-6-15)17(19)21-16-7-3-12(4-8-16)14-9-10-20-11-14/h1-8,14,20H,9-11H2,(H2,19,21). The number of rotatable bonds is 3. The summed E-state index contributed by atoms with van der Waals surface area (Å²) >= 11 is 5.87. The van der Waals surface area contributed by atoms with Crippen molar-refractivity contribution in [2.75, 3.05) is 13.1 Å². The number of aliphatic imine (C=N–C) groups is 1. The minimum Gasteiger partial charge on any atom is -0.383 e. The topological polar surface area (TPSA) is 50.4 Å². The average Bonchev–Trinajstić information content (AvgIpc) is 3.03. The molecule has 1 fully saturated rings. The fourth-order valence-electron chi connectivity index (χ4n) is 2.58. The Labute approximate surface area is 129 Å². The minimum absolute atomic E-state index is 0.502. The average molecular weight is 300 g/mol. The van der Waals surface area contributed by atoms with Crippen molar-refractivity contribution in [1.82, 2.24) is 5.32 Å². The lowest BCUT2D eigenvalue weighted by Crippen LogP contribution is -2.12. The highest BCUT2D eigenvalue weighted by Crippen LogP contribution is 2.24. The first-order valence-electron chi connectivity index (χ1n) is 7.13. The SMILES string of the molecule is NC(=Nc1ccc(C2CCNC2)cc1)c1ccc(Cl)cc1. The molecule has 0 saturated carbocycles. The van der Waals surface area contributed by atoms with Gasteiger partial charge < -0.3 is 11.1 Å². The Balaban J connectivity index is 1.77. The molecule has 1 saturated heterocycles. The normalized spacial score (nSPS) is 18.9. The summed E-state index contributed by atoms with van der Waals surface area (Å²) in [6, 6.07) is 15.7. The Bertz CT molecular complexity index is 626. The molecule has 4 heteroatoms. The van der Waals surface area contributed by atoms with Crippen molar-refractivity contribution in [3.8, 4) is 0 Å². The monoisotopic (exact) mass is 299 g/mol. The van der Waals surface area contributed by atoms with Crippen LogP contribution in [0.15, 0.2) is 53.5 Å². The third-order valence-electron chi connectivity index (χ3n) is 3.81. The molecule has 3 N–H and O–H groups in total.